The van der Waals surface area contributed by atoms with E-state index in [0.29, 0.717) is 5.71 Å². The third-order valence-corrected chi connectivity index (χ3v) is 5.74. The highest BCUT2D eigenvalue weighted by molar-refractivity contribution is 7.84. The molecule has 0 spiro atoms. The molecule has 0 aliphatic carbocycles. The molecular formula is C27H24N2OS. The van der Waals surface area contributed by atoms with Crippen LogP contribution >= 0.6 is 12.6 Å². The van der Waals surface area contributed by atoms with Crippen LogP contribution in [-0.4, -0.2) is 9.97 Å². The molecule has 3 aromatic carbocycles. The number of thiol groups is 1. The minimum absolute atomic E-state index is 0.00613. The van der Waals surface area contributed by atoms with E-state index in [1.54, 1.807) is 6.33 Å². The molecule has 0 atom stereocenters. The van der Waals surface area contributed by atoms with E-state index in [4.69, 9.17) is 9.40 Å². The minimum Gasteiger partial charge on any atom is -0.438 e. The van der Waals surface area contributed by atoms with Crippen LogP contribution in [0.15, 0.2) is 70.2 Å². The molecule has 0 saturated heterocycles. The van der Waals surface area contributed by atoms with Crippen LogP contribution in [0.1, 0.15) is 38.8 Å². The number of rotatable bonds is 2. The van der Waals surface area contributed by atoms with Gasteiger partial charge in [-0.1, -0.05) is 51.1 Å². The Bertz CT molecular complexity index is 1480. The van der Waals surface area contributed by atoms with Gasteiger partial charge in [-0.2, -0.15) is 0 Å². The van der Waals surface area contributed by atoms with Gasteiger partial charge in [0.05, 0.1) is 11.1 Å². The molecule has 3 nitrogen and oxygen atoms in total. The van der Waals surface area contributed by atoms with E-state index in [2.05, 4.69) is 86.9 Å². The second kappa shape index (κ2) is 7.24. The van der Waals surface area contributed by atoms with Gasteiger partial charge < -0.3 is 4.42 Å². The van der Waals surface area contributed by atoms with E-state index in [0.717, 1.165) is 38.1 Å². The van der Waals surface area contributed by atoms with Crippen molar-refractivity contribution in [3.8, 4) is 11.3 Å². The largest absolute Gasteiger partial charge is 0.438 e. The van der Waals surface area contributed by atoms with Crippen LogP contribution in [0.25, 0.3) is 50.2 Å². The molecule has 154 valence electrons. The maximum Gasteiger partial charge on any atom is 0.230 e. The van der Waals surface area contributed by atoms with Crippen molar-refractivity contribution in [1.29, 1.82) is 0 Å². The highest BCUT2D eigenvalue weighted by Gasteiger charge is 2.21. The van der Waals surface area contributed by atoms with E-state index in [1.165, 1.54) is 16.3 Å². The lowest BCUT2D eigenvalue weighted by Gasteiger charge is -2.22. The molecule has 5 aromatic rings. The third-order valence-electron chi connectivity index (χ3n) is 5.61. The van der Waals surface area contributed by atoms with Gasteiger partial charge >= 0.3 is 0 Å². The van der Waals surface area contributed by atoms with Gasteiger partial charge in [0.2, 0.25) is 5.71 Å². The van der Waals surface area contributed by atoms with E-state index >= 15 is 0 Å². The zero-order valence-corrected chi connectivity index (χ0v) is 19.0. The molecule has 0 unspecified atom stereocenters. The summed E-state index contributed by atoms with van der Waals surface area (Å²) in [6.07, 6.45) is 3.60. The SMILES string of the molecule is C/C(S)=C/c1ccc2c(c1)oc1ncnc(-c3cc(C(C)(C)C)c4ccccc4c3)c12. The number of fused-ring (bicyclic) bond motifs is 4. The van der Waals surface area contributed by atoms with Gasteiger partial charge in [-0.05, 0) is 69.5 Å². The lowest BCUT2D eigenvalue weighted by Crippen LogP contribution is -2.12. The van der Waals surface area contributed by atoms with Crippen molar-refractivity contribution in [2.24, 2.45) is 0 Å². The van der Waals surface area contributed by atoms with Crippen molar-refractivity contribution in [3.05, 3.63) is 77.0 Å². The minimum atomic E-state index is 0.00613. The molecule has 4 heteroatoms. The fraction of sp³-hybridized carbons (Fsp3) is 0.185. The fourth-order valence-electron chi connectivity index (χ4n) is 4.24. The summed E-state index contributed by atoms with van der Waals surface area (Å²) in [6, 6.07) is 19.2. The van der Waals surface area contributed by atoms with Crippen LogP contribution in [-0.2, 0) is 5.41 Å². The first-order valence-corrected chi connectivity index (χ1v) is 10.8. The molecule has 0 bridgehead atoms. The predicted molar refractivity (Wildman–Crippen MR) is 134 cm³/mol. The molecule has 0 radical (unpaired) electrons. The second-order valence-electron chi connectivity index (χ2n) is 9.04. The summed E-state index contributed by atoms with van der Waals surface area (Å²) in [4.78, 5) is 10.1. The van der Waals surface area contributed by atoms with Gasteiger partial charge in [0.25, 0.3) is 0 Å². The standard InChI is InChI=1S/C27H24N2OS/c1-16(31)11-17-9-10-21-23(12-17)30-26-24(21)25(28-15-29-26)19-13-18-7-5-6-8-20(18)22(14-19)27(2,3)4/h5-15,31H,1-4H3/b16-11-. The summed E-state index contributed by atoms with van der Waals surface area (Å²) < 4.78 is 6.12. The number of hydrogen-bond donors (Lipinski definition) is 1. The van der Waals surface area contributed by atoms with Crippen LogP contribution in [0, 0.1) is 0 Å². The van der Waals surface area contributed by atoms with Crippen molar-refractivity contribution >= 4 is 51.5 Å². The van der Waals surface area contributed by atoms with Crippen molar-refractivity contribution in [2.45, 2.75) is 33.1 Å². The number of hydrogen-bond acceptors (Lipinski definition) is 4. The van der Waals surface area contributed by atoms with Gasteiger partial charge in [0, 0.05) is 10.9 Å². The second-order valence-corrected chi connectivity index (χ2v) is 9.75. The summed E-state index contributed by atoms with van der Waals surface area (Å²) in [5, 5.41) is 4.46. The van der Waals surface area contributed by atoms with Gasteiger partial charge in [0.15, 0.2) is 0 Å². The smallest absolute Gasteiger partial charge is 0.230 e. The Morgan fingerprint density at radius 3 is 2.55 bits per heavy atom. The first-order valence-electron chi connectivity index (χ1n) is 10.4. The Morgan fingerprint density at radius 1 is 0.968 bits per heavy atom. The lowest BCUT2D eigenvalue weighted by molar-refractivity contribution is 0.596. The molecule has 0 aliphatic heterocycles. The Labute approximate surface area is 187 Å². The van der Waals surface area contributed by atoms with Crippen LogP contribution < -0.4 is 0 Å². The van der Waals surface area contributed by atoms with E-state index in [1.807, 2.05) is 19.1 Å². The van der Waals surface area contributed by atoms with Crippen LogP contribution in [0.2, 0.25) is 0 Å². The molecule has 2 aromatic heterocycles. The van der Waals surface area contributed by atoms with Crippen molar-refractivity contribution < 1.29 is 4.42 Å². The van der Waals surface area contributed by atoms with Crippen molar-refractivity contribution in [3.63, 3.8) is 0 Å². The first-order chi connectivity index (χ1) is 14.8. The maximum atomic E-state index is 6.12. The molecule has 0 saturated carbocycles. The fourth-order valence-corrected chi connectivity index (χ4v) is 4.39. The molecule has 5 rings (SSSR count). The summed E-state index contributed by atoms with van der Waals surface area (Å²) in [6.45, 7) is 8.71. The number of nitrogens with zero attached hydrogens (tertiary/aromatic N) is 2. The van der Waals surface area contributed by atoms with Crippen LogP contribution in [0.5, 0.6) is 0 Å². The lowest BCUT2D eigenvalue weighted by atomic mass is 9.82. The highest BCUT2D eigenvalue weighted by Crippen LogP contribution is 2.39. The van der Waals surface area contributed by atoms with Crippen molar-refractivity contribution in [1.82, 2.24) is 9.97 Å². The topological polar surface area (TPSA) is 38.9 Å². The van der Waals surface area contributed by atoms with Crippen molar-refractivity contribution in [2.75, 3.05) is 0 Å². The zero-order chi connectivity index (χ0) is 21.8. The third kappa shape index (κ3) is 3.51. The van der Waals surface area contributed by atoms with Gasteiger partial charge in [-0.25, -0.2) is 9.97 Å². The molecule has 0 N–H and O–H groups in total. The van der Waals surface area contributed by atoms with E-state index < -0.39 is 0 Å². The normalized spacial score (nSPS) is 12.9. The Kier molecular flexibility index (Phi) is 4.63. The predicted octanol–water partition coefficient (Wildman–Crippen LogP) is 7.78. The van der Waals surface area contributed by atoms with E-state index in [-0.39, 0.29) is 5.41 Å². The number of furan rings is 1. The number of aromatic nitrogens is 2. The average Bonchev–Trinajstić information content (AvgIpc) is 3.09. The maximum absolute atomic E-state index is 6.12. The Morgan fingerprint density at radius 2 is 1.77 bits per heavy atom. The molecule has 0 amide bonds. The summed E-state index contributed by atoms with van der Waals surface area (Å²) in [5.41, 5.74) is 5.74. The average molecular weight is 425 g/mol. The van der Waals surface area contributed by atoms with Gasteiger partial charge in [-0.15, -0.1) is 12.6 Å². The molecular weight excluding hydrogens is 400 g/mol. The molecule has 2 heterocycles. The first kappa shape index (κ1) is 19.8. The van der Waals surface area contributed by atoms with Gasteiger partial charge in [-0.3, -0.25) is 0 Å². The summed E-state index contributed by atoms with van der Waals surface area (Å²) >= 11 is 4.39. The molecule has 0 fully saturated rings. The quantitative estimate of drug-likeness (QED) is 0.294. The summed E-state index contributed by atoms with van der Waals surface area (Å²) in [7, 11) is 0. The van der Waals surface area contributed by atoms with Gasteiger partial charge in [0.1, 0.15) is 11.9 Å². The highest BCUT2D eigenvalue weighted by atomic mass is 32.1. The number of benzene rings is 3. The van der Waals surface area contributed by atoms with Crippen LogP contribution in [0.4, 0.5) is 0 Å². The Hall–Kier alpha value is -3.11. The molecule has 31 heavy (non-hydrogen) atoms. The molecule has 0 aliphatic rings. The monoisotopic (exact) mass is 424 g/mol. The van der Waals surface area contributed by atoms with Crippen LogP contribution in [0.3, 0.4) is 0 Å². The van der Waals surface area contributed by atoms with E-state index in [9.17, 15) is 0 Å². The zero-order valence-electron chi connectivity index (χ0n) is 18.1. The Balaban J connectivity index is 1.81. The summed E-state index contributed by atoms with van der Waals surface area (Å²) in [5.74, 6) is 0. The number of allylic oxidation sites excluding steroid dienone is 1.